The van der Waals surface area contributed by atoms with Crippen molar-refractivity contribution in [3.05, 3.63) is 12.2 Å². The van der Waals surface area contributed by atoms with Gasteiger partial charge in [-0.25, -0.2) is 0 Å². The summed E-state index contributed by atoms with van der Waals surface area (Å²) in [6.45, 7) is 3.23. The highest BCUT2D eigenvalue weighted by Crippen LogP contribution is 2.09. The Morgan fingerprint density at radius 3 is 3.00 bits per heavy atom. The molecule has 1 saturated heterocycles. The maximum absolute atomic E-state index is 11.0. The molecule has 3 heteroatoms. The summed E-state index contributed by atoms with van der Waals surface area (Å²) in [5.41, 5.74) is 0. The van der Waals surface area contributed by atoms with Crippen LogP contribution in [0.2, 0.25) is 0 Å². The van der Waals surface area contributed by atoms with Crippen molar-refractivity contribution >= 4 is 5.97 Å². The van der Waals surface area contributed by atoms with Crippen molar-refractivity contribution in [2.45, 2.75) is 32.3 Å². The molecule has 0 bridgehead atoms. The first-order chi connectivity index (χ1) is 6.33. The van der Waals surface area contributed by atoms with Gasteiger partial charge in [0.05, 0.1) is 6.61 Å². The first-order valence-electron chi connectivity index (χ1n) is 4.75. The lowest BCUT2D eigenvalue weighted by molar-refractivity contribution is -0.144. The SMILES string of the molecule is CCC=CCCC(=O)OCC1CO1. The van der Waals surface area contributed by atoms with Crippen molar-refractivity contribution in [2.75, 3.05) is 13.2 Å². The summed E-state index contributed by atoms with van der Waals surface area (Å²) in [6.07, 6.45) is 6.51. The molecule has 0 radical (unpaired) electrons. The van der Waals surface area contributed by atoms with Gasteiger partial charge >= 0.3 is 5.97 Å². The van der Waals surface area contributed by atoms with E-state index in [1.54, 1.807) is 0 Å². The molecule has 0 saturated carbocycles. The minimum Gasteiger partial charge on any atom is -0.463 e. The van der Waals surface area contributed by atoms with Crippen molar-refractivity contribution in [1.82, 2.24) is 0 Å². The molecular formula is C10H16O3. The Bertz CT molecular complexity index is 183. The van der Waals surface area contributed by atoms with Crippen LogP contribution in [-0.2, 0) is 14.3 Å². The van der Waals surface area contributed by atoms with Crippen LogP contribution in [0.1, 0.15) is 26.2 Å². The average molecular weight is 184 g/mol. The molecule has 1 atom stereocenters. The first-order valence-corrected chi connectivity index (χ1v) is 4.75. The lowest BCUT2D eigenvalue weighted by Gasteiger charge is -1.99. The van der Waals surface area contributed by atoms with Gasteiger partial charge < -0.3 is 9.47 Å². The Balaban J connectivity index is 1.93. The number of hydrogen-bond donors (Lipinski definition) is 0. The highest BCUT2D eigenvalue weighted by molar-refractivity contribution is 5.69. The van der Waals surface area contributed by atoms with E-state index in [0.29, 0.717) is 13.0 Å². The summed E-state index contributed by atoms with van der Waals surface area (Å²) in [4.78, 5) is 11.0. The molecule has 1 heterocycles. The molecular weight excluding hydrogens is 168 g/mol. The van der Waals surface area contributed by atoms with E-state index in [1.807, 2.05) is 6.08 Å². The van der Waals surface area contributed by atoms with Gasteiger partial charge in [-0.1, -0.05) is 19.1 Å². The second-order valence-electron chi connectivity index (χ2n) is 3.06. The van der Waals surface area contributed by atoms with E-state index in [9.17, 15) is 4.79 Å². The Labute approximate surface area is 78.7 Å². The van der Waals surface area contributed by atoms with Gasteiger partial charge in [0, 0.05) is 6.42 Å². The normalized spacial score (nSPS) is 20.5. The van der Waals surface area contributed by atoms with Gasteiger partial charge in [-0.2, -0.15) is 0 Å². The van der Waals surface area contributed by atoms with Gasteiger partial charge in [-0.3, -0.25) is 4.79 Å². The van der Waals surface area contributed by atoms with Crippen LogP contribution in [-0.4, -0.2) is 25.3 Å². The first kappa shape index (κ1) is 10.3. The molecule has 0 aromatic heterocycles. The van der Waals surface area contributed by atoms with Crippen LogP contribution in [0, 0.1) is 0 Å². The van der Waals surface area contributed by atoms with Crippen LogP contribution < -0.4 is 0 Å². The minimum atomic E-state index is -0.128. The number of allylic oxidation sites excluding steroid dienone is 2. The second-order valence-corrected chi connectivity index (χ2v) is 3.06. The lowest BCUT2D eigenvalue weighted by Crippen LogP contribution is -2.08. The van der Waals surface area contributed by atoms with Crippen LogP contribution in [0.25, 0.3) is 0 Å². The quantitative estimate of drug-likeness (QED) is 0.358. The van der Waals surface area contributed by atoms with Crippen LogP contribution in [0.15, 0.2) is 12.2 Å². The third kappa shape index (κ3) is 5.42. The van der Waals surface area contributed by atoms with E-state index in [2.05, 4.69) is 13.0 Å². The molecule has 1 rings (SSSR count). The number of esters is 1. The van der Waals surface area contributed by atoms with E-state index < -0.39 is 0 Å². The zero-order chi connectivity index (χ0) is 9.52. The van der Waals surface area contributed by atoms with Crippen molar-refractivity contribution in [1.29, 1.82) is 0 Å². The molecule has 0 aromatic carbocycles. The predicted molar refractivity (Wildman–Crippen MR) is 49.4 cm³/mol. The molecule has 13 heavy (non-hydrogen) atoms. The van der Waals surface area contributed by atoms with Crippen molar-refractivity contribution < 1.29 is 14.3 Å². The predicted octanol–water partition coefficient (Wildman–Crippen LogP) is 1.67. The monoisotopic (exact) mass is 184 g/mol. The summed E-state index contributed by atoms with van der Waals surface area (Å²) >= 11 is 0. The fourth-order valence-corrected chi connectivity index (χ4v) is 0.908. The molecule has 0 amide bonds. The molecule has 74 valence electrons. The highest BCUT2D eigenvalue weighted by atomic mass is 16.6. The molecule has 1 unspecified atom stereocenters. The standard InChI is InChI=1S/C10H16O3/c1-2-3-4-5-6-10(11)13-8-9-7-12-9/h3-4,9H,2,5-8H2,1H3. The molecule has 1 aliphatic heterocycles. The Morgan fingerprint density at radius 1 is 1.62 bits per heavy atom. The van der Waals surface area contributed by atoms with Crippen LogP contribution in [0.5, 0.6) is 0 Å². The zero-order valence-corrected chi connectivity index (χ0v) is 7.99. The number of hydrogen-bond acceptors (Lipinski definition) is 3. The van der Waals surface area contributed by atoms with Gasteiger partial charge in [-0.05, 0) is 12.8 Å². The summed E-state index contributed by atoms with van der Waals surface area (Å²) in [6, 6.07) is 0. The molecule has 0 N–H and O–H groups in total. The van der Waals surface area contributed by atoms with Gasteiger partial charge in [0.1, 0.15) is 12.7 Å². The van der Waals surface area contributed by atoms with Gasteiger partial charge in [0.2, 0.25) is 0 Å². The van der Waals surface area contributed by atoms with E-state index >= 15 is 0 Å². The van der Waals surface area contributed by atoms with Crippen LogP contribution in [0.4, 0.5) is 0 Å². The highest BCUT2D eigenvalue weighted by Gasteiger charge is 2.23. The number of ether oxygens (including phenoxy) is 2. The summed E-state index contributed by atoms with van der Waals surface area (Å²) in [5, 5.41) is 0. The fourth-order valence-electron chi connectivity index (χ4n) is 0.908. The van der Waals surface area contributed by atoms with Crippen LogP contribution >= 0.6 is 0 Å². The number of epoxide rings is 1. The van der Waals surface area contributed by atoms with Crippen LogP contribution in [0.3, 0.4) is 0 Å². The van der Waals surface area contributed by atoms with E-state index in [1.165, 1.54) is 0 Å². The summed E-state index contributed by atoms with van der Waals surface area (Å²) in [7, 11) is 0. The maximum Gasteiger partial charge on any atom is 0.306 e. The fraction of sp³-hybridized carbons (Fsp3) is 0.700. The second kappa shape index (κ2) is 5.75. The molecule has 0 spiro atoms. The third-order valence-electron chi connectivity index (χ3n) is 1.75. The Morgan fingerprint density at radius 2 is 2.38 bits per heavy atom. The Kier molecular flexibility index (Phi) is 4.54. The molecule has 1 fully saturated rings. The minimum absolute atomic E-state index is 0.128. The zero-order valence-electron chi connectivity index (χ0n) is 7.99. The number of carbonyl (C=O) groups is 1. The van der Waals surface area contributed by atoms with Gasteiger partial charge in [-0.15, -0.1) is 0 Å². The van der Waals surface area contributed by atoms with E-state index in [-0.39, 0.29) is 12.1 Å². The smallest absolute Gasteiger partial charge is 0.306 e. The molecule has 1 aliphatic rings. The van der Waals surface area contributed by atoms with E-state index in [0.717, 1.165) is 19.4 Å². The van der Waals surface area contributed by atoms with Crippen molar-refractivity contribution in [2.24, 2.45) is 0 Å². The van der Waals surface area contributed by atoms with Gasteiger partial charge in [0.15, 0.2) is 0 Å². The molecule has 0 aromatic rings. The van der Waals surface area contributed by atoms with E-state index in [4.69, 9.17) is 9.47 Å². The Hall–Kier alpha value is -0.830. The number of carbonyl (C=O) groups excluding carboxylic acids is 1. The average Bonchev–Trinajstić information content (AvgIpc) is 2.92. The summed E-state index contributed by atoms with van der Waals surface area (Å²) in [5.74, 6) is -0.128. The molecule has 0 aliphatic carbocycles. The topological polar surface area (TPSA) is 38.8 Å². The largest absolute Gasteiger partial charge is 0.463 e. The van der Waals surface area contributed by atoms with Crippen molar-refractivity contribution in [3.63, 3.8) is 0 Å². The summed E-state index contributed by atoms with van der Waals surface area (Å²) < 4.78 is 9.86. The maximum atomic E-state index is 11.0. The third-order valence-corrected chi connectivity index (χ3v) is 1.75. The lowest BCUT2D eigenvalue weighted by atomic mass is 10.3. The molecule has 3 nitrogen and oxygen atoms in total. The van der Waals surface area contributed by atoms with Crippen molar-refractivity contribution in [3.8, 4) is 0 Å². The number of rotatable bonds is 6. The van der Waals surface area contributed by atoms with Gasteiger partial charge in [0.25, 0.3) is 0 Å².